The molecule has 0 saturated heterocycles. The monoisotopic (exact) mass is 340 g/mol. The van der Waals surface area contributed by atoms with Gasteiger partial charge >= 0.3 is 0 Å². The number of hydrogen-bond acceptors (Lipinski definition) is 6. The van der Waals surface area contributed by atoms with Gasteiger partial charge in [0.05, 0.1) is 20.0 Å². The summed E-state index contributed by atoms with van der Waals surface area (Å²) < 4.78 is 5.13. The van der Waals surface area contributed by atoms with Gasteiger partial charge in [0.25, 0.3) is 0 Å². The Labute approximate surface area is 145 Å². The van der Waals surface area contributed by atoms with Gasteiger partial charge in [0.2, 0.25) is 5.91 Å². The standard InChI is InChI=1S/C17H20N6O2/c1-23(17-15-16(20-10-19-15)21-11-22-17)9-14(24)18-8-7-12-3-5-13(25-2)6-4-12/h3-6,10-11H,7-9H2,1-2H3,(H,18,24)(H,19,20,21,22). The fourth-order valence-corrected chi connectivity index (χ4v) is 2.53. The van der Waals surface area contributed by atoms with Crippen LogP contribution in [0.5, 0.6) is 5.75 Å². The number of carbonyl (C=O) groups is 1. The minimum absolute atomic E-state index is 0.0673. The van der Waals surface area contributed by atoms with Crippen molar-refractivity contribution in [2.75, 3.05) is 32.1 Å². The predicted molar refractivity (Wildman–Crippen MR) is 94.7 cm³/mol. The molecule has 0 radical (unpaired) electrons. The summed E-state index contributed by atoms with van der Waals surface area (Å²) >= 11 is 0. The zero-order chi connectivity index (χ0) is 17.6. The van der Waals surface area contributed by atoms with Crippen molar-refractivity contribution in [2.24, 2.45) is 0 Å². The molecule has 0 bridgehead atoms. The Hall–Kier alpha value is -3.16. The fraction of sp³-hybridized carbons (Fsp3) is 0.294. The minimum Gasteiger partial charge on any atom is -0.497 e. The van der Waals surface area contributed by atoms with E-state index in [4.69, 9.17) is 4.74 Å². The first-order chi connectivity index (χ1) is 12.2. The van der Waals surface area contributed by atoms with E-state index in [9.17, 15) is 4.79 Å². The van der Waals surface area contributed by atoms with Gasteiger partial charge in [-0.05, 0) is 24.1 Å². The summed E-state index contributed by atoms with van der Waals surface area (Å²) in [5.41, 5.74) is 2.44. The number of anilines is 1. The highest BCUT2D eigenvalue weighted by molar-refractivity contribution is 5.86. The van der Waals surface area contributed by atoms with Crippen LogP contribution in [-0.4, -0.2) is 53.1 Å². The molecular weight excluding hydrogens is 320 g/mol. The maximum Gasteiger partial charge on any atom is 0.239 e. The lowest BCUT2D eigenvalue weighted by molar-refractivity contribution is -0.119. The Kier molecular flexibility index (Phi) is 5.08. The van der Waals surface area contributed by atoms with Crippen LogP contribution in [0.15, 0.2) is 36.9 Å². The average Bonchev–Trinajstić information content (AvgIpc) is 3.11. The van der Waals surface area contributed by atoms with Crippen molar-refractivity contribution in [3.8, 4) is 5.75 Å². The molecule has 3 aromatic rings. The first-order valence-electron chi connectivity index (χ1n) is 7.92. The van der Waals surface area contributed by atoms with Crippen molar-refractivity contribution >= 4 is 22.9 Å². The number of H-pyrrole nitrogens is 1. The van der Waals surface area contributed by atoms with E-state index in [-0.39, 0.29) is 12.5 Å². The number of amides is 1. The predicted octanol–water partition coefficient (Wildman–Crippen LogP) is 1.16. The molecule has 2 aromatic heterocycles. The number of ether oxygens (including phenoxy) is 1. The van der Waals surface area contributed by atoms with Crippen LogP contribution >= 0.6 is 0 Å². The number of rotatable bonds is 7. The first kappa shape index (κ1) is 16.7. The lowest BCUT2D eigenvalue weighted by atomic mass is 10.1. The fourth-order valence-electron chi connectivity index (χ4n) is 2.53. The third-order valence-electron chi connectivity index (χ3n) is 3.84. The van der Waals surface area contributed by atoms with E-state index in [1.807, 2.05) is 31.3 Å². The van der Waals surface area contributed by atoms with Gasteiger partial charge in [-0.15, -0.1) is 0 Å². The van der Waals surface area contributed by atoms with Gasteiger partial charge in [-0.1, -0.05) is 12.1 Å². The SMILES string of the molecule is COc1ccc(CCNC(=O)CN(C)c2ncnc3nc[nH]c23)cc1. The van der Waals surface area contributed by atoms with E-state index in [0.717, 1.165) is 23.3 Å². The summed E-state index contributed by atoms with van der Waals surface area (Å²) in [6.45, 7) is 0.774. The highest BCUT2D eigenvalue weighted by Crippen LogP contribution is 2.17. The smallest absolute Gasteiger partial charge is 0.239 e. The zero-order valence-corrected chi connectivity index (χ0v) is 14.2. The summed E-state index contributed by atoms with van der Waals surface area (Å²) in [6, 6.07) is 7.81. The van der Waals surface area contributed by atoms with Crippen molar-refractivity contribution < 1.29 is 9.53 Å². The second kappa shape index (κ2) is 7.61. The van der Waals surface area contributed by atoms with Crippen LogP contribution < -0.4 is 15.0 Å². The van der Waals surface area contributed by atoms with Crippen molar-refractivity contribution in [3.05, 3.63) is 42.5 Å². The number of benzene rings is 1. The maximum atomic E-state index is 12.1. The molecular formula is C17H20N6O2. The van der Waals surface area contributed by atoms with Crippen LogP contribution in [-0.2, 0) is 11.2 Å². The summed E-state index contributed by atoms with van der Waals surface area (Å²) in [4.78, 5) is 29.3. The number of hydrogen-bond donors (Lipinski definition) is 2. The van der Waals surface area contributed by atoms with E-state index in [0.29, 0.717) is 18.0 Å². The zero-order valence-electron chi connectivity index (χ0n) is 14.2. The van der Waals surface area contributed by atoms with E-state index < -0.39 is 0 Å². The molecule has 0 unspecified atom stereocenters. The minimum atomic E-state index is -0.0673. The van der Waals surface area contributed by atoms with Crippen molar-refractivity contribution in [3.63, 3.8) is 0 Å². The summed E-state index contributed by atoms with van der Waals surface area (Å²) in [5.74, 6) is 1.40. The quantitative estimate of drug-likeness (QED) is 0.670. The molecule has 2 N–H and O–H groups in total. The Morgan fingerprint density at radius 1 is 1.24 bits per heavy atom. The lowest BCUT2D eigenvalue weighted by Crippen LogP contribution is -2.36. The molecule has 8 heteroatoms. The molecule has 0 aliphatic carbocycles. The number of nitrogens with zero attached hydrogens (tertiary/aromatic N) is 4. The number of aromatic amines is 1. The van der Waals surface area contributed by atoms with E-state index in [2.05, 4.69) is 25.3 Å². The van der Waals surface area contributed by atoms with Crippen LogP contribution in [0.1, 0.15) is 5.56 Å². The van der Waals surface area contributed by atoms with Gasteiger partial charge in [-0.25, -0.2) is 15.0 Å². The topological polar surface area (TPSA) is 96.0 Å². The van der Waals surface area contributed by atoms with Crippen LogP contribution in [0.4, 0.5) is 5.82 Å². The van der Waals surface area contributed by atoms with Crippen LogP contribution in [0.3, 0.4) is 0 Å². The first-order valence-corrected chi connectivity index (χ1v) is 7.92. The molecule has 0 spiro atoms. The summed E-state index contributed by atoms with van der Waals surface area (Å²) in [7, 11) is 3.45. The van der Waals surface area contributed by atoms with Crippen LogP contribution in [0.2, 0.25) is 0 Å². The van der Waals surface area contributed by atoms with Crippen LogP contribution in [0.25, 0.3) is 11.2 Å². The van der Waals surface area contributed by atoms with E-state index >= 15 is 0 Å². The molecule has 0 atom stereocenters. The van der Waals surface area contributed by atoms with E-state index in [1.165, 1.54) is 6.33 Å². The maximum absolute atomic E-state index is 12.1. The molecule has 0 aliphatic rings. The molecule has 1 amide bonds. The van der Waals surface area contributed by atoms with Crippen molar-refractivity contribution in [1.29, 1.82) is 0 Å². The molecule has 0 aliphatic heterocycles. The Morgan fingerprint density at radius 3 is 2.80 bits per heavy atom. The van der Waals surface area contributed by atoms with Gasteiger partial charge in [0, 0.05) is 13.6 Å². The number of nitrogens with one attached hydrogen (secondary N) is 2. The molecule has 0 fully saturated rings. The van der Waals surface area contributed by atoms with Crippen molar-refractivity contribution in [1.82, 2.24) is 25.3 Å². The van der Waals surface area contributed by atoms with Crippen molar-refractivity contribution in [2.45, 2.75) is 6.42 Å². The molecule has 0 saturated carbocycles. The third kappa shape index (κ3) is 4.03. The molecule has 1 aromatic carbocycles. The van der Waals surface area contributed by atoms with Gasteiger partial charge in [0.1, 0.15) is 17.6 Å². The Bertz CT molecular complexity index is 846. The summed E-state index contributed by atoms with van der Waals surface area (Å²) in [5, 5.41) is 2.92. The average molecular weight is 340 g/mol. The molecule has 8 nitrogen and oxygen atoms in total. The third-order valence-corrected chi connectivity index (χ3v) is 3.84. The summed E-state index contributed by atoms with van der Waals surface area (Å²) in [6.07, 6.45) is 3.76. The highest BCUT2D eigenvalue weighted by Gasteiger charge is 2.13. The van der Waals surface area contributed by atoms with Gasteiger partial charge in [-0.2, -0.15) is 0 Å². The van der Waals surface area contributed by atoms with Gasteiger partial charge in [0.15, 0.2) is 11.5 Å². The molecule has 2 heterocycles. The number of methoxy groups -OCH3 is 1. The number of imidazole rings is 1. The number of fused-ring (bicyclic) bond motifs is 1. The largest absolute Gasteiger partial charge is 0.497 e. The molecule has 25 heavy (non-hydrogen) atoms. The van der Waals surface area contributed by atoms with Crippen LogP contribution in [0, 0.1) is 0 Å². The lowest BCUT2D eigenvalue weighted by Gasteiger charge is -2.17. The molecule has 3 rings (SSSR count). The Balaban J connectivity index is 1.51. The molecule has 130 valence electrons. The second-order valence-electron chi connectivity index (χ2n) is 5.60. The number of aromatic nitrogens is 4. The van der Waals surface area contributed by atoms with E-state index in [1.54, 1.807) is 18.3 Å². The highest BCUT2D eigenvalue weighted by atomic mass is 16.5. The Morgan fingerprint density at radius 2 is 2.04 bits per heavy atom. The normalized spacial score (nSPS) is 10.6. The van der Waals surface area contributed by atoms with Gasteiger partial charge < -0.3 is 19.9 Å². The number of likely N-dealkylation sites (N-methyl/N-ethyl adjacent to an activating group) is 1. The van der Waals surface area contributed by atoms with Gasteiger partial charge in [-0.3, -0.25) is 4.79 Å². The number of carbonyl (C=O) groups excluding carboxylic acids is 1. The second-order valence-corrected chi connectivity index (χ2v) is 5.60.